The summed E-state index contributed by atoms with van der Waals surface area (Å²) in [7, 11) is 0. The lowest BCUT2D eigenvalue weighted by Gasteiger charge is -2.12. The maximum Gasteiger partial charge on any atom is 0.261 e. The van der Waals surface area contributed by atoms with Gasteiger partial charge in [0, 0.05) is 29.7 Å². The van der Waals surface area contributed by atoms with Crippen molar-refractivity contribution in [2.24, 2.45) is 0 Å². The Balaban J connectivity index is 1.42. The van der Waals surface area contributed by atoms with E-state index in [1.54, 1.807) is 59.4 Å². The Labute approximate surface area is 183 Å². The van der Waals surface area contributed by atoms with Crippen LogP contribution in [0.15, 0.2) is 79.3 Å². The largest absolute Gasteiger partial charge is 0.349 e. The highest BCUT2D eigenvalue weighted by atomic mass is 19.1. The average Bonchev–Trinajstić information content (AvgIpc) is 3.26. The van der Waals surface area contributed by atoms with Crippen molar-refractivity contribution >= 4 is 17.5 Å². The molecule has 1 saturated carbocycles. The molecule has 2 N–H and O–H groups in total. The lowest BCUT2D eigenvalue weighted by molar-refractivity contribution is 0.0950. The molecule has 2 aromatic carbocycles. The molecular formula is C24H20FN5O2. The summed E-state index contributed by atoms with van der Waals surface area (Å²) in [5, 5.41) is 10.0. The van der Waals surface area contributed by atoms with Gasteiger partial charge in [-0.25, -0.2) is 9.07 Å². The molecule has 2 aromatic heterocycles. The number of nitrogens with zero attached hydrogens (tertiary/aromatic N) is 3. The van der Waals surface area contributed by atoms with Crippen molar-refractivity contribution in [2.75, 3.05) is 5.32 Å². The molecule has 2 amide bonds. The van der Waals surface area contributed by atoms with E-state index >= 15 is 0 Å². The molecule has 7 nitrogen and oxygen atoms in total. The van der Waals surface area contributed by atoms with Gasteiger partial charge in [-0.05, 0) is 61.4 Å². The van der Waals surface area contributed by atoms with Gasteiger partial charge in [0.05, 0.1) is 6.20 Å². The van der Waals surface area contributed by atoms with E-state index in [-0.39, 0.29) is 23.2 Å². The zero-order valence-corrected chi connectivity index (χ0v) is 17.0. The summed E-state index contributed by atoms with van der Waals surface area (Å²) in [5.74, 6) is -0.549. The van der Waals surface area contributed by atoms with Crippen LogP contribution in [0.2, 0.25) is 0 Å². The van der Waals surface area contributed by atoms with Crippen LogP contribution < -0.4 is 10.6 Å². The molecule has 160 valence electrons. The molecule has 0 aliphatic heterocycles. The van der Waals surface area contributed by atoms with Gasteiger partial charge < -0.3 is 15.2 Å². The highest BCUT2D eigenvalue weighted by Crippen LogP contribution is 2.23. The number of amides is 2. The van der Waals surface area contributed by atoms with Crippen molar-refractivity contribution in [3.05, 3.63) is 96.2 Å². The van der Waals surface area contributed by atoms with Gasteiger partial charge in [-0.2, -0.15) is 5.10 Å². The van der Waals surface area contributed by atoms with Crippen LogP contribution in [-0.4, -0.2) is 32.2 Å². The first-order valence-corrected chi connectivity index (χ1v) is 10.3. The average molecular weight is 429 g/mol. The van der Waals surface area contributed by atoms with E-state index in [0.717, 1.165) is 12.8 Å². The molecule has 2 heterocycles. The molecule has 5 rings (SSSR count). The molecule has 1 aliphatic rings. The van der Waals surface area contributed by atoms with Gasteiger partial charge in [0.2, 0.25) is 0 Å². The number of hydrogen-bond acceptors (Lipinski definition) is 3. The second-order valence-corrected chi connectivity index (χ2v) is 7.61. The van der Waals surface area contributed by atoms with E-state index in [4.69, 9.17) is 0 Å². The highest BCUT2D eigenvalue weighted by molar-refractivity contribution is 6.06. The van der Waals surface area contributed by atoms with Crippen LogP contribution in [0, 0.1) is 5.82 Å². The van der Waals surface area contributed by atoms with Gasteiger partial charge in [-0.1, -0.05) is 12.1 Å². The summed E-state index contributed by atoms with van der Waals surface area (Å²) >= 11 is 0. The molecule has 0 bridgehead atoms. The lowest BCUT2D eigenvalue weighted by atomic mass is 10.2. The van der Waals surface area contributed by atoms with Crippen LogP contribution in [0.5, 0.6) is 0 Å². The number of benzene rings is 2. The zero-order chi connectivity index (χ0) is 22.1. The fourth-order valence-corrected chi connectivity index (χ4v) is 3.43. The molecule has 8 heteroatoms. The lowest BCUT2D eigenvalue weighted by Crippen LogP contribution is -2.25. The van der Waals surface area contributed by atoms with E-state index < -0.39 is 11.7 Å². The summed E-state index contributed by atoms with van der Waals surface area (Å²) in [6, 6.07) is 16.8. The second-order valence-electron chi connectivity index (χ2n) is 7.61. The number of anilines is 1. The fourth-order valence-electron chi connectivity index (χ4n) is 3.43. The minimum atomic E-state index is -0.448. The molecule has 0 saturated heterocycles. The summed E-state index contributed by atoms with van der Waals surface area (Å²) in [6.45, 7) is 0. The molecule has 4 aromatic rings. The zero-order valence-electron chi connectivity index (χ0n) is 17.0. The number of nitrogens with one attached hydrogen (secondary N) is 2. The third kappa shape index (κ3) is 3.90. The van der Waals surface area contributed by atoms with Crippen molar-refractivity contribution in [3.63, 3.8) is 0 Å². The topological polar surface area (TPSA) is 81.0 Å². The second kappa shape index (κ2) is 8.14. The number of para-hydroxylation sites is 1. The number of carbonyl (C=O) groups is 2. The predicted octanol–water partition coefficient (Wildman–Crippen LogP) is 3.95. The Hall–Kier alpha value is -4.20. The Morgan fingerprint density at radius 2 is 1.66 bits per heavy atom. The standard InChI is InChI=1S/C24H20FN5O2/c25-20-5-1-2-6-21(20)30-24(29-13-3-4-14-29)19(15-26-30)23(32)28-17-9-7-16(8-10-17)22(31)27-18-11-12-18/h1-10,13-15,18H,11-12H2,(H,27,31)(H,28,32). The van der Waals surface area contributed by atoms with Crippen molar-refractivity contribution in [1.82, 2.24) is 19.7 Å². The molecular weight excluding hydrogens is 409 g/mol. The monoisotopic (exact) mass is 429 g/mol. The van der Waals surface area contributed by atoms with Crippen LogP contribution >= 0.6 is 0 Å². The molecule has 0 radical (unpaired) electrons. The van der Waals surface area contributed by atoms with E-state index in [1.165, 1.54) is 16.9 Å². The molecule has 0 unspecified atom stereocenters. The smallest absolute Gasteiger partial charge is 0.261 e. The number of halogens is 1. The van der Waals surface area contributed by atoms with E-state index in [9.17, 15) is 14.0 Å². The highest BCUT2D eigenvalue weighted by Gasteiger charge is 2.24. The van der Waals surface area contributed by atoms with Gasteiger partial charge in [0.15, 0.2) is 5.82 Å². The third-order valence-electron chi connectivity index (χ3n) is 5.24. The molecule has 0 spiro atoms. The predicted molar refractivity (Wildman–Crippen MR) is 118 cm³/mol. The van der Waals surface area contributed by atoms with Crippen LogP contribution in [-0.2, 0) is 0 Å². The van der Waals surface area contributed by atoms with E-state index in [2.05, 4.69) is 15.7 Å². The molecule has 1 fully saturated rings. The van der Waals surface area contributed by atoms with Crippen molar-refractivity contribution in [2.45, 2.75) is 18.9 Å². The normalized spacial score (nSPS) is 13.0. The molecule has 0 atom stereocenters. The van der Waals surface area contributed by atoms with Gasteiger partial charge in [0.25, 0.3) is 11.8 Å². The first kappa shape index (κ1) is 19.7. The summed E-state index contributed by atoms with van der Waals surface area (Å²) < 4.78 is 17.5. The fraction of sp³-hybridized carbons (Fsp3) is 0.125. The van der Waals surface area contributed by atoms with Gasteiger partial charge in [0.1, 0.15) is 17.1 Å². The Morgan fingerprint density at radius 1 is 0.938 bits per heavy atom. The Morgan fingerprint density at radius 3 is 2.34 bits per heavy atom. The summed E-state index contributed by atoms with van der Waals surface area (Å²) in [6.07, 6.45) is 6.97. The van der Waals surface area contributed by atoms with Crippen LogP contribution in [0.4, 0.5) is 10.1 Å². The molecule has 1 aliphatic carbocycles. The van der Waals surface area contributed by atoms with Gasteiger partial charge in [-0.15, -0.1) is 0 Å². The molecule has 32 heavy (non-hydrogen) atoms. The minimum Gasteiger partial charge on any atom is -0.349 e. The van der Waals surface area contributed by atoms with Crippen LogP contribution in [0.3, 0.4) is 0 Å². The SMILES string of the molecule is O=C(NC1CC1)c1ccc(NC(=O)c2cnn(-c3ccccc3F)c2-n2cccc2)cc1. The minimum absolute atomic E-state index is 0.119. The van der Waals surface area contributed by atoms with E-state index in [1.807, 2.05) is 12.1 Å². The maximum absolute atomic E-state index is 14.4. The summed E-state index contributed by atoms with van der Waals surface area (Å²) in [5.41, 5.74) is 1.59. The summed E-state index contributed by atoms with van der Waals surface area (Å²) in [4.78, 5) is 25.2. The van der Waals surface area contributed by atoms with Gasteiger partial charge >= 0.3 is 0 Å². The Kier molecular flexibility index (Phi) is 5.03. The Bertz CT molecular complexity index is 1270. The van der Waals surface area contributed by atoms with Crippen molar-refractivity contribution in [3.8, 4) is 11.5 Å². The number of hydrogen-bond donors (Lipinski definition) is 2. The van der Waals surface area contributed by atoms with Gasteiger partial charge in [-0.3, -0.25) is 9.59 Å². The van der Waals surface area contributed by atoms with Crippen LogP contribution in [0.1, 0.15) is 33.6 Å². The van der Waals surface area contributed by atoms with E-state index in [0.29, 0.717) is 17.1 Å². The third-order valence-corrected chi connectivity index (χ3v) is 5.24. The maximum atomic E-state index is 14.4. The first-order valence-electron chi connectivity index (χ1n) is 10.3. The number of carbonyl (C=O) groups excluding carboxylic acids is 2. The quantitative estimate of drug-likeness (QED) is 0.487. The van der Waals surface area contributed by atoms with Crippen molar-refractivity contribution in [1.29, 1.82) is 0 Å². The van der Waals surface area contributed by atoms with Crippen molar-refractivity contribution < 1.29 is 14.0 Å². The number of aromatic nitrogens is 3. The number of rotatable bonds is 6. The van der Waals surface area contributed by atoms with Crippen LogP contribution in [0.25, 0.3) is 11.5 Å². The first-order chi connectivity index (χ1) is 15.6.